The zero-order valence-electron chi connectivity index (χ0n) is 14.2. The van der Waals surface area contributed by atoms with E-state index in [2.05, 4.69) is 4.72 Å². The highest BCUT2D eigenvalue weighted by atomic mass is 32.2. The number of nitrogens with zero attached hydrogens (tertiary/aromatic N) is 1. The number of hydrogen-bond donors (Lipinski definition) is 1. The molecule has 138 valence electrons. The normalized spacial score (nSPS) is 11.7. The Morgan fingerprint density at radius 3 is 2.38 bits per heavy atom. The SMILES string of the molecule is CNS(=O)(=O)c1ccc(/C=C/C(=O)N(C)Cc2ccc(F)cc2F)cc1. The van der Waals surface area contributed by atoms with E-state index in [-0.39, 0.29) is 22.9 Å². The molecule has 0 spiro atoms. The number of sulfonamides is 1. The van der Waals surface area contributed by atoms with Crippen molar-refractivity contribution in [2.75, 3.05) is 14.1 Å². The van der Waals surface area contributed by atoms with E-state index in [9.17, 15) is 22.0 Å². The third-order valence-electron chi connectivity index (χ3n) is 3.68. The minimum Gasteiger partial charge on any atom is -0.338 e. The Hall–Kier alpha value is -2.58. The molecule has 2 rings (SSSR count). The van der Waals surface area contributed by atoms with Gasteiger partial charge >= 0.3 is 0 Å². The molecule has 26 heavy (non-hydrogen) atoms. The summed E-state index contributed by atoms with van der Waals surface area (Å²) >= 11 is 0. The van der Waals surface area contributed by atoms with Gasteiger partial charge in [0.1, 0.15) is 11.6 Å². The Morgan fingerprint density at radius 2 is 1.81 bits per heavy atom. The predicted molar refractivity (Wildman–Crippen MR) is 94.6 cm³/mol. The molecule has 1 amide bonds. The topological polar surface area (TPSA) is 66.5 Å². The lowest BCUT2D eigenvalue weighted by atomic mass is 10.2. The second kappa shape index (κ2) is 8.20. The molecule has 0 aliphatic heterocycles. The van der Waals surface area contributed by atoms with Gasteiger partial charge in [0.05, 0.1) is 4.90 Å². The number of amides is 1. The third-order valence-corrected chi connectivity index (χ3v) is 5.11. The van der Waals surface area contributed by atoms with Gasteiger partial charge in [0, 0.05) is 31.3 Å². The van der Waals surface area contributed by atoms with Gasteiger partial charge in [-0.2, -0.15) is 0 Å². The molecule has 8 heteroatoms. The number of halogens is 2. The van der Waals surface area contributed by atoms with Crippen molar-refractivity contribution < 1.29 is 22.0 Å². The number of hydrogen-bond acceptors (Lipinski definition) is 3. The number of carbonyl (C=O) groups excluding carboxylic acids is 1. The predicted octanol–water partition coefficient (Wildman–Crippen LogP) is 2.54. The zero-order valence-corrected chi connectivity index (χ0v) is 15.1. The van der Waals surface area contributed by atoms with Gasteiger partial charge in [-0.15, -0.1) is 0 Å². The highest BCUT2D eigenvalue weighted by Crippen LogP contribution is 2.13. The first-order valence-electron chi connectivity index (χ1n) is 7.63. The molecule has 0 aliphatic carbocycles. The maximum Gasteiger partial charge on any atom is 0.246 e. The van der Waals surface area contributed by atoms with E-state index < -0.39 is 21.7 Å². The molecule has 0 fully saturated rings. The molecular formula is C18H18F2N2O3S. The standard InChI is InChI=1S/C18H18F2N2O3S/c1-21-26(24,25)16-8-3-13(4-9-16)5-10-18(23)22(2)12-14-6-7-15(19)11-17(14)20/h3-11,21H,12H2,1-2H3/b10-5+. The lowest BCUT2D eigenvalue weighted by Gasteiger charge is -2.15. The molecule has 1 N–H and O–H groups in total. The molecule has 0 heterocycles. The average molecular weight is 380 g/mol. The second-order valence-corrected chi connectivity index (χ2v) is 7.43. The quantitative estimate of drug-likeness (QED) is 0.784. The summed E-state index contributed by atoms with van der Waals surface area (Å²) in [5, 5.41) is 0. The highest BCUT2D eigenvalue weighted by molar-refractivity contribution is 7.89. The van der Waals surface area contributed by atoms with Crippen molar-refractivity contribution in [2.24, 2.45) is 0 Å². The molecule has 0 unspecified atom stereocenters. The third kappa shape index (κ3) is 4.96. The van der Waals surface area contributed by atoms with Crippen LogP contribution in [0.4, 0.5) is 8.78 Å². The van der Waals surface area contributed by atoms with Crippen LogP contribution in [0.3, 0.4) is 0 Å². The number of benzene rings is 2. The van der Waals surface area contributed by atoms with E-state index in [1.807, 2.05) is 0 Å². The van der Waals surface area contributed by atoms with E-state index in [4.69, 9.17) is 0 Å². The molecule has 0 saturated heterocycles. The van der Waals surface area contributed by atoms with Gasteiger partial charge in [-0.25, -0.2) is 21.9 Å². The number of carbonyl (C=O) groups is 1. The van der Waals surface area contributed by atoms with Gasteiger partial charge in [-0.1, -0.05) is 18.2 Å². The molecule has 0 atom stereocenters. The van der Waals surface area contributed by atoms with Crippen LogP contribution in [-0.4, -0.2) is 33.3 Å². The summed E-state index contributed by atoms with van der Waals surface area (Å²) in [7, 11) is -0.694. The molecule has 0 saturated carbocycles. The van der Waals surface area contributed by atoms with Gasteiger partial charge in [0.25, 0.3) is 0 Å². The highest BCUT2D eigenvalue weighted by Gasteiger charge is 2.11. The van der Waals surface area contributed by atoms with Gasteiger partial charge in [0.2, 0.25) is 15.9 Å². The van der Waals surface area contributed by atoms with Crippen molar-refractivity contribution in [2.45, 2.75) is 11.4 Å². The Balaban J connectivity index is 2.04. The molecule has 5 nitrogen and oxygen atoms in total. The fraction of sp³-hybridized carbons (Fsp3) is 0.167. The van der Waals surface area contributed by atoms with Crippen LogP contribution in [-0.2, 0) is 21.4 Å². The number of rotatable bonds is 6. The zero-order chi connectivity index (χ0) is 19.3. The monoisotopic (exact) mass is 380 g/mol. The average Bonchev–Trinajstić information content (AvgIpc) is 2.62. The summed E-state index contributed by atoms with van der Waals surface area (Å²) in [6.07, 6.45) is 2.82. The van der Waals surface area contributed by atoms with Crippen molar-refractivity contribution in [3.05, 3.63) is 71.3 Å². The second-order valence-electron chi connectivity index (χ2n) is 5.54. The summed E-state index contributed by atoms with van der Waals surface area (Å²) < 4.78 is 52.0. The van der Waals surface area contributed by atoms with Crippen molar-refractivity contribution in [1.29, 1.82) is 0 Å². The minimum atomic E-state index is -3.51. The summed E-state index contributed by atoms with van der Waals surface area (Å²) in [5.74, 6) is -1.76. The lowest BCUT2D eigenvalue weighted by Crippen LogP contribution is -2.24. The maximum atomic E-state index is 13.6. The number of likely N-dealkylation sites (N-methyl/N-ethyl adjacent to an activating group) is 1. The van der Waals surface area contributed by atoms with Crippen molar-refractivity contribution in [3.8, 4) is 0 Å². The van der Waals surface area contributed by atoms with Gasteiger partial charge in [0.15, 0.2) is 0 Å². The van der Waals surface area contributed by atoms with Crippen LogP contribution < -0.4 is 4.72 Å². The van der Waals surface area contributed by atoms with Crippen LogP contribution in [0, 0.1) is 11.6 Å². The molecule has 2 aromatic rings. The van der Waals surface area contributed by atoms with Gasteiger partial charge < -0.3 is 4.90 Å². The van der Waals surface area contributed by atoms with Crippen molar-refractivity contribution in [1.82, 2.24) is 9.62 Å². The summed E-state index contributed by atoms with van der Waals surface area (Å²) in [6, 6.07) is 9.17. The maximum absolute atomic E-state index is 13.6. The number of nitrogens with one attached hydrogen (secondary N) is 1. The van der Waals surface area contributed by atoms with Crippen LogP contribution >= 0.6 is 0 Å². The Labute approximate surface area is 151 Å². The largest absolute Gasteiger partial charge is 0.338 e. The van der Waals surface area contributed by atoms with E-state index >= 15 is 0 Å². The molecule has 0 aromatic heterocycles. The van der Waals surface area contributed by atoms with Crippen LogP contribution in [0.15, 0.2) is 53.4 Å². The van der Waals surface area contributed by atoms with E-state index in [0.717, 1.165) is 12.1 Å². The molecule has 0 radical (unpaired) electrons. The molecule has 0 bridgehead atoms. The molecule has 0 aliphatic rings. The fourth-order valence-corrected chi connectivity index (χ4v) is 2.88. The first-order chi connectivity index (χ1) is 12.2. The summed E-state index contributed by atoms with van der Waals surface area (Å²) in [4.78, 5) is 13.5. The Kier molecular flexibility index (Phi) is 6.23. The first-order valence-corrected chi connectivity index (χ1v) is 9.12. The smallest absolute Gasteiger partial charge is 0.246 e. The van der Waals surface area contributed by atoms with E-state index in [1.165, 1.54) is 49.3 Å². The van der Waals surface area contributed by atoms with Crippen LogP contribution in [0.2, 0.25) is 0 Å². The lowest BCUT2D eigenvalue weighted by molar-refractivity contribution is -0.125. The summed E-state index contributed by atoms with van der Waals surface area (Å²) in [5.41, 5.74) is 0.840. The van der Waals surface area contributed by atoms with Crippen LogP contribution in [0.25, 0.3) is 6.08 Å². The van der Waals surface area contributed by atoms with Gasteiger partial charge in [-0.05, 0) is 36.9 Å². The molecular weight excluding hydrogens is 362 g/mol. The van der Waals surface area contributed by atoms with Gasteiger partial charge in [-0.3, -0.25) is 4.79 Å². The Bertz CT molecular complexity index is 926. The van der Waals surface area contributed by atoms with Crippen LogP contribution in [0.1, 0.15) is 11.1 Å². The van der Waals surface area contributed by atoms with Crippen molar-refractivity contribution in [3.63, 3.8) is 0 Å². The molecule has 2 aromatic carbocycles. The van der Waals surface area contributed by atoms with Crippen molar-refractivity contribution >= 4 is 22.0 Å². The van der Waals surface area contributed by atoms with E-state index in [0.29, 0.717) is 5.56 Å². The Morgan fingerprint density at radius 1 is 1.15 bits per heavy atom. The first kappa shape index (κ1) is 19.7. The van der Waals surface area contributed by atoms with E-state index in [1.54, 1.807) is 12.1 Å². The van der Waals surface area contributed by atoms with Crippen LogP contribution in [0.5, 0.6) is 0 Å². The minimum absolute atomic E-state index is 0.00532. The fourth-order valence-electron chi connectivity index (χ4n) is 2.15. The summed E-state index contributed by atoms with van der Waals surface area (Å²) in [6.45, 7) is -0.00532.